The average Bonchev–Trinajstić information content (AvgIpc) is 2.49. The van der Waals surface area contributed by atoms with E-state index in [1.165, 1.54) is 0 Å². The summed E-state index contributed by atoms with van der Waals surface area (Å²) in [5.74, 6) is 2.34. The highest BCUT2D eigenvalue weighted by Crippen LogP contribution is 2.24. The zero-order valence-electron chi connectivity index (χ0n) is 13.3. The Labute approximate surface area is 126 Å². The fourth-order valence-electron chi connectivity index (χ4n) is 2.15. The third-order valence-corrected chi connectivity index (χ3v) is 3.44. The van der Waals surface area contributed by atoms with E-state index in [0.29, 0.717) is 12.5 Å². The van der Waals surface area contributed by atoms with Gasteiger partial charge < -0.3 is 14.8 Å². The maximum absolute atomic E-state index is 5.76. The van der Waals surface area contributed by atoms with Crippen LogP contribution < -0.4 is 10.1 Å². The lowest BCUT2D eigenvalue weighted by Gasteiger charge is -2.12. The van der Waals surface area contributed by atoms with E-state index in [1.54, 1.807) is 7.11 Å². The Bertz CT molecular complexity index is 597. The van der Waals surface area contributed by atoms with Gasteiger partial charge in [0.25, 0.3) is 0 Å². The Balaban J connectivity index is 2.18. The molecule has 1 aromatic heterocycles. The molecule has 2 aromatic rings. The van der Waals surface area contributed by atoms with Gasteiger partial charge in [-0.15, -0.1) is 0 Å². The van der Waals surface area contributed by atoms with Crippen LogP contribution in [0, 0.1) is 5.92 Å². The normalized spacial score (nSPS) is 11.1. The average molecular weight is 288 g/mol. The van der Waals surface area contributed by atoms with E-state index in [-0.39, 0.29) is 0 Å². The molecule has 0 fully saturated rings. The molecule has 1 aromatic carbocycles. The Kier molecular flexibility index (Phi) is 5.39. The number of hydrogen-bond donors (Lipinski definition) is 1. The summed E-state index contributed by atoms with van der Waals surface area (Å²) in [6.45, 7) is 5.76. The zero-order chi connectivity index (χ0) is 15.2. The van der Waals surface area contributed by atoms with Crippen molar-refractivity contribution in [1.29, 1.82) is 0 Å². The van der Waals surface area contributed by atoms with E-state index in [1.807, 2.05) is 25.2 Å². The number of nitrogens with one attached hydrogen (secondary N) is 1. The van der Waals surface area contributed by atoms with Crippen LogP contribution in [0.15, 0.2) is 24.3 Å². The van der Waals surface area contributed by atoms with Gasteiger partial charge in [-0.25, -0.2) is 4.98 Å². The summed E-state index contributed by atoms with van der Waals surface area (Å²) in [5.41, 5.74) is 2.00. The predicted molar refractivity (Wildman–Crippen MR) is 87.0 cm³/mol. The summed E-state index contributed by atoms with van der Waals surface area (Å²) in [7, 11) is 3.54. The Morgan fingerprint density at radius 2 is 2.05 bits per heavy atom. The van der Waals surface area contributed by atoms with Crippen LogP contribution in [0.25, 0.3) is 10.9 Å². The summed E-state index contributed by atoms with van der Waals surface area (Å²) in [5, 5.41) is 4.24. The molecule has 114 valence electrons. The highest BCUT2D eigenvalue weighted by molar-refractivity contribution is 5.83. The summed E-state index contributed by atoms with van der Waals surface area (Å²) in [4.78, 5) is 4.65. The smallest absolute Gasteiger partial charge is 0.131 e. The number of benzene rings is 1. The largest absolute Gasteiger partial charge is 0.497 e. The quantitative estimate of drug-likeness (QED) is 0.786. The second-order valence-electron chi connectivity index (χ2n) is 5.54. The van der Waals surface area contributed by atoms with Crippen molar-refractivity contribution in [3.8, 4) is 5.75 Å². The zero-order valence-corrected chi connectivity index (χ0v) is 13.3. The van der Waals surface area contributed by atoms with Gasteiger partial charge in [0.1, 0.15) is 11.6 Å². The first-order valence-corrected chi connectivity index (χ1v) is 7.37. The number of anilines is 1. The number of nitrogens with zero attached hydrogens (tertiary/aromatic N) is 1. The van der Waals surface area contributed by atoms with E-state index in [9.17, 15) is 0 Å². The lowest BCUT2D eigenvalue weighted by atomic mass is 10.1. The van der Waals surface area contributed by atoms with Crippen LogP contribution in [-0.2, 0) is 11.3 Å². The van der Waals surface area contributed by atoms with Gasteiger partial charge in [0.05, 0.1) is 19.2 Å². The first-order chi connectivity index (χ1) is 10.1. The molecule has 1 N–H and O–H groups in total. The van der Waals surface area contributed by atoms with Crippen molar-refractivity contribution in [1.82, 2.24) is 4.98 Å². The van der Waals surface area contributed by atoms with E-state index in [0.717, 1.165) is 41.1 Å². The third-order valence-electron chi connectivity index (χ3n) is 3.44. The SMILES string of the molecule is CNc1nc2cc(OC)ccc2cc1COCCC(C)C. The number of methoxy groups -OCH3 is 1. The van der Waals surface area contributed by atoms with Crippen LogP contribution >= 0.6 is 0 Å². The first kappa shape index (κ1) is 15.6. The molecule has 0 spiro atoms. The van der Waals surface area contributed by atoms with Crippen LogP contribution in [-0.4, -0.2) is 25.7 Å². The van der Waals surface area contributed by atoms with Crippen LogP contribution in [0.3, 0.4) is 0 Å². The van der Waals surface area contributed by atoms with Gasteiger partial charge in [0, 0.05) is 30.7 Å². The number of hydrogen-bond acceptors (Lipinski definition) is 4. The number of pyridine rings is 1. The summed E-state index contributed by atoms with van der Waals surface area (Å²) >= 11 is 0. The van der Waals surface area contributed by atoms with Crippen LogP contribution in [0.4, 0.5) is 5.82 Å². The molecule has 4 heteroatoms. The molecule has 0 bridgehead atoms. The molecule has 0 radical (unpaired) electrons. The molecule has 0 saturated carbocycles. The molecule has 0 unspecified atom stereocenters. The van der Waals surface area contributed by atoms with Gasteiger partial charge in [-0.05, 0) is 30.5 Å². The monoisotopic (exact) mass is 288 g/mol. The van der Waals surface area contributed by atoms with E-state index >= 15 is 0 Å². The highest BCUT2D eigenvalue weighted by Gasteiger charge is 2.07. The molecule has 4 nitrogen and oxygen atoms in total. The predicted octanol–water partition coefficient (Wildman–Crippen LogP) is 3.85. The summed E-state index contributed by atoms with van der Waals surface area (Å²) in [6.07, 6.45) is 1.08. The van der Waals surface area contributed by atoms with Crippen LogP contribution in [0.1, 0.15) is 25.8 Å². The lowest BCUT2D eigenvalue weighted by Crippen LogP contribution is -2.04. The Hall–Kier alpha value is -1.81. The van der Waals surface area contributed by atoms with Gasteiger partial charge in [0.15, 0.2) is 0 Å². The fourth-order valence-corrected chi connectivity index (χ4v) is 2.15. The van der Waals surface area contributed by atoms with Crippen LogP contribution in [0.2, 0.25) is 0 Å². The van der Waals surface area contributed by atoms with Crippen LogP contribution in [0.5, 0.6) is 5.75 Å². The molecule has 0 aliphatic rings. The Morgan fingerprint density at radius 1 is 1.24 bits per heavy atom. The topological polar surface area (TPSA) is 43.4 Å². The molecule has 0 saturated heterocycles. The second kappa shape index (κ2) is 7.27. The molecule has 1 heterocycles. The molecule has 0 aliphatic heterocycles. The van der Waals surface area contributed by atoms with Gasteiger partial charge >= 0.3 is 0 Å². The number of rotatable bonds is 7. The van der Waals surface area contributed by atoms with Crippen molar-refractivity contribution < 1.29 is 9.47 Å². The van der Waals surface area contributed by atoms with Gasteiger partial charge in [0.2, 0.25) is 0 Å². The molecule has 21 heavy (non-hydrogen) atoms. The summed E-state index contributed by atoms with van der Waals surface area (Å²) in [6, 6.07) is 8.05. The minimum Gasteiger partial charge on any atom is -0.497 e. The van der Waals surface area contributed by atoms with E-state index in [2.05, 4.69) is 30.2 Å². The van der Waals surface area contributed by atoms with Crippen molar-refractivity contribution in [2.24, 2.45) is 5.92 Å². The minimum atomic E-state index is 0.581. The maximum atomic E-state index is 5.76. The third kappa shape index (κ3) is 4.08. The lowest BCUT2D eigenvalue weighted by molar-refractivity contribution is 0.111. The first-order valence-electron chi connectivity index (χ1n) is 7.37. The molecular weight excluding hydrogens is 264 g/mol. The molecule has 0 aliphatic carbocycles. The van der Waals surface area contributed by atoms with Gasteiger partial charge in [-0.1, -0.05) is 13.8 Å². The van der Waals surface area contributed by atoms with Gasteiger partial charge in [-0.2, -0.15) is 0 Å². The van der Waals surface area contributed by atoms with Crippen molar-refractivity contribution in [3.63, 3.8) is 0 Å². The van der Waals surface area contributed by atoms with E-state index < -0.39 is 0 Å². The van der Waals surface area contributed by atoms with E-state index in [4.69, 9.17) is 9.47 Å². The molecule has 0 atom stereocenters. The highest BCUT2D eigenvalue weighted by atomic mass is 16.5. The van der Waals surface area contributed by atoms with Crippen molar-refractivity contribution >= 4 is 16.7 Å². The number of ether oxygens (including phenoxy) is 2. The van der Waals surface area contributed by atoms with Crippen molar-refractivity contribution in [3.05, 3.63) is 29.8 Å². The molecular formula is C17H24N2O2. The van der Waals surface area contributed by atoms with Crippen molar-refractivity contribution in [2.45, 2.75) is 26.9 Å². The molecule has 2 rings (SSSR count). The summed E-state index contributed by atoms with van der Waals surface area (Å²) < 4.78 is 11.0. The van der Waals surface area contributed by atoms with Gasteiger partial charge in [-0.3, -0.25) is 0 Å². The number of fused-ring (bicyclic) bond motifs is 1. The minimum absolute atomic E-state index is 0.581. The molecule has 0 amide bonds. The maximum Gasteiger partial charge on any atom is 0.131 e. The van der Waals surface area contributed by atoms with Crippen molar-refractivity contribution in [2.75, 3.05) is 26.1 Å². The fraction of sp³-hybridized carbons (Fsp3) is 0.471. The second-order valence-corrected chi connectivity index (χ2v) is 5.54. The standard InChI is InChI=1S/C17H24N2O2/c1-12(2)7-8-21-11-14-9-13-5-6-15(20-4)10-16(13)19-17(14)18-3/h5-6,9-10,12H,7-8,11H2,1-4H3,(H,18,19). The Morgan fingerprint density at radius 3 is 2.71 bits per heavy atom. The number of aromatic nitrogens is 1.